The average molecular weight is 341 g/mol. The smallest absolute Gasteiger partial charge is 0.312 e. The molecule has 3 aliphatic rings. The number of anilines is 1. The number of ether oxygens (including phenoxy) is 2. The predicted molar refractivity (Wildman–Crippen MR) is 93.1 cm³/mol. The molecular weight excluding hydrogens is 318 g/mol. The number of carbonyl (C=O) groups excluding carboxylic acids is 2. The zero-order valence-electron chi connectivity index (χ0n) is 14.6. The van der Waals surface area contributed by atoms with Crippen molar-refractivity contribution in [1.82, 2.24) is 0 Å². The van der Waals surface area contributed by atoms with E-state index in [1.54, 1.807) is 4.90 Å². The number of rotatable bonds is 5. The molecule has 0 N–H and O–H groups in total. The lowest BCUT2D eigenvalue weighted by Gasteiger charge is -2.22. The van der Waals surface area contributed by atoms with E-state index in [1.807, 2.05) is 50.3 Å². The Labute approximate surface area is 147 Å². The monoisotopic (exact) mass is 341 g/mol. The minimum absolute atomic E-state index is 0.0480. The van der Waals surface area contributed by atoms with Crippen LogP contribution in [0.1, 0.15) is 25.3 Å². The van der Waals surface area contributed by atoms with Crippen LogP contribution in [-0.4, -0.2) is 36.7 Å². The van der Waals surface area contributed by atoms with E-state index in [2.05, 4.69) is 0 Å². The van der Waals surface area contributed by atoms with Gasteiger partial charge in [-0.25, -0.2) is 0 Å². The lowest BCUT2D eigenvalue weighted by Crippen LogP contribution is -2.40. The van der Waals surface area contributed by atoms with Gasteiger partial charge in [0.1, 0.15) is 11.5 Å². The van der Waals surface area contributed by atoms with Crippen LogP contribution in [0.15, 0.2) is 36.4 Å². The van der Waals surface area contributed by atoms with Crippen LogP contribution in [0.3, 0.4) is 0 Å². The number of hydrogen-bond acceptors (Lipinski definition) is 4. The van der Waals surface area contributed by atoms with Crippen molar-refractivity contribution in [2.24, 2.45) is 11.8 Å². The van der Waals surface area contributed by atoms with Gasteiger partial charge >= 0.3 is 5.97 Å². The van der Waals surface area contributed by atoms with Crippen molar-refractivity contribution in [3.8, 4) is 0 Å². The number of nitrogens with zero attached hydrogens (tertiary/aromatic N) is 1. The number of esters is 1. The number of aryl methyl sites for hydroxylation is 1. The zero-order valence-corrected chi connectivity index (χ0v) is 14.6. The van der Waals surface area contributed by atoms with E-state index in [4.69, 9.17) is 9.47 Å². The minimum atomic E-state index is -0.693. The largest absolute Gasteiger partial charge is 0.465 e. The molecule has 4 rings (SSSR count). The summed E-state index contributed by atoms with van der Waals surface area (Å²) < 4.78 is 11.5. The van der Waals surface area contributed by atoms with Gasteiger partial charge < -0.3 is 14.4 Å². The lowest BCUT2D eigenvalue weighted by molar-refractivity contribution is -0.152. The normalized spacial score (nSPS) is 32.3. The Morgan fingerprint density at radius 3 is 2.84 bits per heavy atom. The number of amides is 1. The fourth-order valence-electron chi connectivity index (χ4n) is 4.12. The maximum absolute atomic E-state index is 13.1. The van der Waals surface area contributed by atoms with Crippen LogP contribution < -0.4 is 4.90 Å². The van der Waals surface area contributed by atoms with Crippen LogP contribution in [0, 0.1) is 18.8 Å². The van der Waals surface area contributed by atoms with Crippen molar-refractivity contribution in [3.63, 3.8) is 0 Å². The summed E-state index contributed by atoms with van der Waals surface area (Å²) in [5.41, 5.74) is 1.29. The number of fused-ring (bicyclic) bond motifs is 1. The van der Waals surface area contributed by atoms with E-state index in [1.165, 1.54) is 0 Å². The molecule has 25 heavy (non-hydrogen) atoms. The Morgan fingerprint density at radius 2 is 2.12 bits per heavy atom. The fourth-order valence-corrected chi connectivity index (χ4v) is 4.12. The molecular formula is C20H23NO4. The SMILES string of the molecule is CCCCOC(=O)[C@H]1[C@H]2C(=O)N(c3ccc(C)cc3)C[C@@]23C=C[C@H]1O3. The molecule has 2 bridgehead atoms. The van der Waals surface area contributed by atoms with E-state index >= 15 is 0 Å². The molecule has 1 aromatic rings. The molecule has 1 aromatic carbocycles. The number of benzene rings is 1. The molecule has 2 saturated heterocycles. The molecule has 3 aliphatic heterocycles. The van der Waals surface area contributed by atoms with Gasteiger partial charge in [0.25, 0.3) is 0 Å². The highest BCUT2D eigenvalue weighted by Gasteiger charge is 2.67. The summed E-state index contributed by atoms with van der Waals surface area (Å²) in [5, 5.41) is 0. The topological polar surface area (TPSA) is 55.8 Å². The Bertz CT molecular complexity index is 726. The van der Waals surface area contributed by atoms with Crippen LogP contribution in [-0.2, 0) is 19.1 Å². The molecule has 0 unspecified atom stereocenters. The molecule has 2 fully saturated rings. The van der Waals surface area contributed by atoms with Gasteiger partial charge in [0.2, 0.25) is 5.91 Å². The first-order valence-corrected chi connectivity index (χ1v) is 8.97. The highest BCUT2D eigenvalue weighted by Crippen LogP contribution is 2.52. The number of unbranched alkanes of at least 4 members (excludes halogenated alkanes) is 1. The Hall–Kier alpha value is -2.14. The third kappa shape index (κ3) is 2.49. The van der Waals surface area contributed by atoms with Gasteiger partial charge in [0.15, 0.2) is 0 Å². The third-order valence-electron chi connectivity index (χ3n) is 5.46. The van der Waals surface area contributed by atoms with Gasteiger partial charge in [-0.15, -0.1) is 0 Å². The van der Waals surface area contributed by atoms with E-state index in [0.29, 0.717) is 13.2 Å². The summed E-state index contributed by atoms with van der Waals surface area (Å²) in [7, 11) is 0. The standard InChI is InChI=1S/C20H23NO4/c1-3-4-11-24-19(23)16-15-9-10-20(25-15)12-21(18(22)17(16)20)14-7-5-13(2)6-8-14/h5-10,15-17H,3-4,11-12H2,1-2H3/t15-,16-,17+,20+/m1/s1. The van der Waals surface area contributed by atoms with Crippen molar-refractivity contribution in [1.29, 1.82) is 0 Å². The van der Waals surface area contributed by atoms with E-state index in [-0.39, 0.29) is 18.0 Å². The molecule has 0 radical (unpaired) electrons. The third-order valence-corrected chi connectivity index (χ3v) is 5.46. The average Bonchev–Trinajstić information content (AvgIpc) is 3.24. The van der Waals surface area contributed by atoms with Crippen LogP contribution in [0.2, 0.25) is 0 Å². The molecule has 1 amide bonds. The first-order valence-electron chi connectivity index (χ1n) is 8.97. The lowest BCUT2D eigenvalue weighted by atomic mass is 9.77. The fraction of sp³-hybridized carbons (Fsp3) is 0.500. The van der Waals surface area contributed by atoms with Crippen LogP contribution >= 0.6 is 0 Å². The van der Waals surface area contributed by atoms with E-state index in [9.17, 15) is 9.59 Å². The molecule has 5 nitrogen and oxygen atoms in total. The van der Waals surface area contributed by atoms with E-state index < -0.39 is 17.4 Å². The van der Waals surface area contributed by atoms with Crippen molar-refractivity contribution >= 4 is 17.6 Å². The second kappa shape index (κ2) is 5.99. The summed E-state index contributed by atoms with van der Waals surface area (Å²) in [6, 6.07) is 7.85. The first kappa shape index (κ1) is 16.3. The molecule has 1 spiro atoms. The van der Waals surface area contributed by atoms with Gasteiger partial charge in [-0.2, -0.15) is 0 Å². The van der Waals surface area contributed by atoms with Gasteiger partial charge in [0, 0.05) is 5.69 Å². The minimum Gasteiger partial charge on any atom is -0.465 e. The second-order valence-electron chi connectivity index (χ2n) is 7.18. The molecule has 0 aromatic heterocycles. The van der Waals surface area contributed by atoms with Crippen molar-refractivity contribution in [3.05, 3.63) is 42.0 Å². The van der Waals surface area contributed by atoms with Gasteiger partial charge in [-0.1, -0.05) is 43.2 Å². The number of carbonyl (C=O) groups is 2. The van der Waals surface area contributed by atoms with Crippen molar-refractivity contribution in [2.45, 2.75) is 38.4 Å². The van der Waals surface area contributed by atoms with Gasteiger partial charge in [-0.3, -0.25) is 9.59 Å². The summed E-state index contributed by atoms with van der Waals surface area (Å²) in [6.45, 7) is 4.91. The molecule has 4 atom stereocenters. The van der Waals surface area contributed by atoms with Crippen LogP contribution in [0.25, 0.3) is 0 Å². The van der Waals surface area contributed by atoms with Gasteiger partial charge in [0.05, 0.1) is 25.2 Å². The molecule has 3 heterocycles. The summed E-state index contributed by atoms with van der Waals surface area (Å²) in [4.78, 5) is 27.4. The maximum Gasteiger partial charge on any atom is 0.312 e. The molecule has 5 heteroatoms. The quantitative estimate of drug-likeness (QED) is 0.469. The maximum atomic E-state index is 13.1. The highest BCUT2D eigenvalue weighted by atomic mass is 16.6. The van der Waals surface area contributed by atoms with E-state index in [0.717, 1.165) is 24.1 Å². The summed E-state index contributed by atoms with van der Waals surface area (Å²) in [6.07, 6.45) is 5.33. The second-order valence-corrected chi connectivity index (χ2v) is 7.18. The van der Waals surface area contributed by atoms with Crippen molar-refractivity contribution < 1.29 is 19.1 Å². The van der Waals surface area contributed by atoms with Gasteiger partial charge in [-0.05, 0) is 25.5 Å². The summed E-state index contributed by atoms with van der Waals surface area (Å²) in [5.74, 6) is -1.38. The zero-order chi connectivity index (χ0) is 17.6. The Morgan fingerprint density at radius 1 is 1.36 bits per heavy atom. The molecule has 0 aliphatic carbocycles. The molecule has 0 saturated carbocycles. The Balaban J connectivity index is 1.59. The summed E-state index contributed by atoms with van der Waals surface area (Å²) >= 11 is 0. The van der Waals surface area contributed by atoms with Crippen molar-refractivity contribution in [2.75, 3.05) is 18.1 Å². The highest BCUT2D eigenvalue weighted by molar-refractivity contribution is 6.02. The number of hydrogen-bond donors (Lipinski definition) is 0. The first-order chi connectivity index (χ1) is 12.1. The molecule has 132 valence electrons. The predicted octanol–water partition coefficient (Wildman–Crippen LogP) is 2.62. The van der Waals surface area contributed by atoms with Crippen LogP contribution in [0.4, 0.5) is 5.69 Å². The van der Waals surface area contributed by atoms with Crippen LogP contribution in [0.5, 0.6) is 0 Å². The Kier molecular flexibility index (Phi) is 3.91.